The van der Waals surface area contributed by atoms with Gasteiger partial charge in [-0.3, -0.25) is 4.79 Å². The molecule has 8 heteroatoms. The van der Waals surface area contributed by atoms with Crippen LogP contribution >= 0.6 is 24.8 Å². The Hall–Kier alpha value is -1.11. The number of carbonyl (C=O) groups is 1. The van der Waals surface area contributed by atoms with E-state index in [1.165, 1.54) is 0 Å². The summed E-state index contributed by atoms with van der Waals surface area (Å²) in [5.41, 5.74) is 1.01. The number of aryl methyl sites for hydroxylation is 2. The molecule has 3 heterocycles. The molecule has 1 amide bonds. The first-order valence-corrected chi connectivity index (χ1v) is 8.70. The molecule has 0 spiro atoms. The lowest BCUT2D eigenvalue weighted by Crippen LogP contribution is -2.48. The SMILES string of the molecule is Cc1cc(N2CCC(NC(=O)C3CCCNC3)CC2)nc(C)n1.Cl.Cl. The van der Waals surface area contributed by atoms with E-state index in [2.05, 4.69) is 25.5 Å². The quantitative estimate of drug-likeness (QED) is 0.827. The fourth-order valence-electron chi connectivity index (χ4n) is 3.51. The molecule has 0 bridgehead atoms. The highest BCUT2D eigenvalue weighted by molar-refractivity contribution is 5.85. The van der Waals surface area contributed by atoms with Gasteiger partial charge in [0.15, 0.2) is 0 Å². The van der Waals surface area contributed by atoms with Gasteiger partial charge >= 0.3 is 0 Å². The zero-order valence-electron chi connectivity index (χ0n) is 15.0. The number of hydrogen-bond donors (Lipinski definition) is 2. The molecule has 1 atom stereocenters. The zero-order valence-corrected chi connectivity index (χ0v) is 16.6. The maximum Gasteiger partial charge on any atom is 0.224 e. The second-order valence-electron chi connectivity index (χ2n) is 6.73. The standard InChI is InChI=1S/C17H27N5O.2ClH/c1-12-10-16(20-13(2)19-12)22-8-5-15(6-9-22)21-17(23)14-4-3-7-18-11-14;;/h10,14-15,18H,3-9,11H2,1-2H3,(H,21,23);2*1H. The van der Waals surface area contributed by atoms with Crippen LogP contribution in [0, 0.1) is 19.8 Å². The highest BCUT2D eigenvalue weighted by Gasteiger charge is 2.26. The molecule has 0 saturated carbocycles. The third-order valence-corrected chi connectivity index (χ3v) is 4.79. The molecular formula is C17H29Cl2N5O. The van der Waals surface area contributed by atoms with Crippen LogP contribution in [0.2, 0.25) is 0 Å². The summed E-state index contributed by atoms with van der Waals surface area (Å²) in [6.07, 6.45) is 4.07. The third-order valence-electron chi connectivity index (χ3n) is 4.79. The largest absolute Gasteiger partial charge is 0.356 e. The average molecular weight is 390 g/mol. The first-order valence-electron chi connectivity index (χ1n) is 8.70. The zero-order chi connectivity index (χ0) is 16.2. The smallest absolute Gasteiger partial charge is 0.224 e. The number of anilines is 1. The van der Waals surface area contributed by atoms with Gasteiger partial charge in [-0.05, 0) is 46.1 Å². The lowest BCUT2D eigenvalue weighted by molar-refractivity contribution is -0.126. The Morgan fingerprint density at radius 3 is 2.52 bits per heavy atom. The molecule has 0 aromatic carbocycles. The van der Waals surface area contributed by atoms with Crippen LogP contribution in [-0.2, 0) is 4.79 Å². The first-order chi connectivity index (χ1) is 11.1. The summed E-state index contributed by atoms with van der Waals surface area (Å²) in [7, 11) is 0. The number of amides is 1. The molecule has 2 aliphatic heterocycles. The molecule has 2 saturated heterocycles. The summed E-state index contributed by atoms with van der Waals surface area (Å²) < 4.78 is 0. The van der Waals surface area contributed by atoms with Gasteiger partial charge in [0.2, 0.25) is 5.91 Å². The molecule has 0 aliphatic carbocycles. The van der Waals surface area contributed by atoms with Gasteiger partial charge in [0.1, 0.15) is 11.6 Å². The van der Waals surface area contributed by atoms with Gasteiger partial charge in [0.05, 0.1) is 5.92 Å². The number of aromatic nitrogens is 2. The highest BCUT2D eigenvalue weighted by atomic mass is 35.5. The molecule has 2 fully saturated rings. The lowest BCUT2D eigenvalue weighted by atomic mass is 9.97. The van der Waals surface area contributed by atoms with Crippen molar-refractivity contribution >= 4 is 36.5 Å². The summed E-state index contributed by atoms with van der Waals surface area (Å²) in [4.78, 5) is 23.5. The summed E-state index contributed by atoms with van der Waals surface area (Å²) >= 11 is 0. The molecule has 6 nitrogen and oxygen atoms in total. The van der Waals surface area contributed by atoms with Gasteiger partial charge in [-0.1, -0.05) is 0 Å². The molecule has 1 aromatic rings. The molecule has 1 unspecified atom stereocenters. The first kappa shape index (κ1) is 21.9. The van der Waals surface area contributed by atoms with E-state index < -0.39 is 0 Å². The van der Waals surface area contributed by atoms with Crippen LogP contribution in [0.15, 0.2) is 6.07 Å². The maximum absolute atomic E-state index is 12.3. The van der Waals surface area contributed by atoms with E-state index in [4.69, 9.17) is 0 Å². The third kappa shape index (κ3) is 5.97. The second kappa shape index (κ2) is 10.1. The summed E-state index contributed by atoms with van der Waals surface area (Å²) in [5, 5.41) is 6.55. The van der Waals surface area contributed by atoms with E-state index >= 15 is 0 Å². The minimum Gasteiger partial charge on any atom is -0.356 e. The highest BCUT2D eigenvalue weighted by Crippen LogP contribution is 2.19. The minimum atomic E-state index is 0. The molecular weight excluding hydrogens is 361 g/mol. The van der Waals surface area contributed by atoms with Crippen molar-refractivity contribution in [2.45, 2.75) is 45.6 Å². The predicted molar refractivity (Wildman–Crippen MR) is 105 cm³/mol. The van der Waals surface area contributed by atoms with Crippen molar-refractivity contribution in [2.24, 2.45) is 5.92 Å². The van der Waals surface area contributed by atoms with Crippen LogP contribution in [0.3, 0.4) is 0 Å². The van der Waals surface area contributed by atoms with Gasteiger partial charge in [-0.15, -0.1) is 24.8 Å². The van der Waals surface area contributed by atoms with E-state index in [1.807, 2.05) is 19.9 Å². The molecule has 0 radical (unpaired) electrons. The topological polar surface area (TPSA) is 70.2 Å². The van der Waals surface area contributed by atoms with Gasteiger partial charge in [-0.25, -0.2) is 9.97 Å². The van der Waals surface area contributed by atoms with Gasteiger partial charge in [0.25, 0.3) is 0 Å². The van der Waals surface area contributed by atoms with Crippen molar-refractivity contribution in [1.82, 2.24) is 20.6 Å². The van der Waals surface area contributed by atoms with Crippen LogP contribution in [0.5, 0.6) is 0 Å². The number of nitrogens with zero attached hydrogens (tertiary/aromatic N) is 3. The number of nitrogens with one attached hydrogen (secondary N) is 2. The second-order valence-corrected chi connectivity index (χ2v) is 6.73. The minimum absolute atomic E-state index is 0. The molecule has 2 aliphatic rings. The van der Waals surface area contributed by atoms with E-state index in [9.17, 15) is 4.79 Å². The number of halogens is 2. The van der Waals surface area contributed by atoms with Gasteiger partial charge in [0, 0.05) is 37.4 Å². The van der Waals surface area contributed by atoms with Crippen molar-refractivity contribution < 1.29 is 4.79 Å². The number of carbonyl (C=O) groups excluding carboxylic acids is 1. The molecule has 3 rings (SSSR count). The maximum atomic E-state index is 12.3. The lowest BCUT2D eigenvalue weighted by Gasteiger charge is -2.34. The van der Waals surface area contributed by atoms with Crippen molar-refractivity contribution in [2.75, 3.05) is 31.1 Å². The number of rotatable bonds is 3. The van der Waals surface area contributed by atoms with Gasteiger partial charge < -0.3 is 15.5 Å². The summed E-state index contributed by atoms with van der Waals surface area (Å²) in [6, 6.07) is 2.34. The van der Waals surface area contributed by atoms with Crippen molar-refractivity contribution in [3.63, 3.8) is 0 Å². The molecule has 2 N–H and O–H groups in total. The Morgan fingerprint density at radius 2 is 1.92 bits per heavy atom. The Bertz CT molecular complexity index is 538. The predicted octanol–water partition coefficient (Wildman–Crippen LogP) is 2.02. The Labute approximate surface area is 162 Å². The van der Waals surface area contributed by atoms with E-state index in [-0.39, 0.29) is 36.6 Å². The van der Waals surface area contributed by atoms with Crippen molar-refractivity contribution in [3.8, 4) is 0 Å². The van der Waals surface area contributed by atoms with E-state index in [1.54, 1.807) is 0 Å². The molecule has 25 heavy (non-hydrogen) atoms. The number of hydrogen-bond acceptors (Lipinski definition) is 5. The van der Waals surface area contributed by atoms with Crippen LogP contribution < -0.4 is 15.5 Å². The van der Waals surface area contributed by atoms with E-state index in [0.29, 0.717) is 6.04 Å². The van der Waals surface area contributed by atoms with Gasteiger partial charge in [-0.2, -0.15) is 0 Å². The summed E-state index contributed by atoms with van der Waals surface area (Å²) in [5.74, 6) is 2.20. The summed E-state index contributed by atoms with van der Waals surface area (Å²) in [6.45, 7) is 7.67. The van der Waals surface area contributed by atoms with Crippen LogP contribution in [0.25, 0.3) is 0 Å². The normalized spacial score (nSPS) is 21.0. The van der Waals surface area contributed by atoms with Crippen LogP contribution in [0.4, 0.5) is 5.82 Å². The van der Waals surface area contributed by atoms with E-state index in [0.717, 1.165) is 69.2 Å². The van der Waals surface area contributed by atoms with Crippen LogP contribution in [0.1, 0.15) is 37.2 Å². The van der Waals surface area contributed by atoms with Crippen LogP contribution in [-0.4, -0.2) is 48.1 Å². The van der Waals surface area contributed by atoms with Crippen molar-refractivity contribution in [1.29, 1.82) is 0 Å². The fourth-order valence-corrected chi connectivity index (χ4v) is 3.51. The van der Waals surface area contributed by atoms with Crippen molar-refractivity contribution in [3.05, 3.63) is 17.6 Å². The molecule has 142 valence electrons. The fraction of sp³-hybridized carbons (Fsp3) is 0.706. The Morgan fingerprint density at radius 1 is 1.20 bits per heavy atom. The monoisotopic (exact) mass is 389 g/mol. The Kier molecular flexibility index (Phi) is 8.89. The molecule has 1 aromatic heterocycles. The number of piperidine rings is 2. The Balaban J connectivity index is 0.00000156. The average Bonchev–Trinajstić information content (AvgIpc) is 2.55.